The van der Waals surface area contributed by atoms with Gasteiger partial charge < -0.3 is 9.57 Å². The molecule has 0 radical (unpaired) electrons. The molecule has 0 bridgehead atoms. The number of hydrogen-bond donors (Lipinski definition) is 0. The monoisotopic (exact) mass is 347 g/mol. The largest absolute Gasteiger partial charge is 0.497 e. The molecule has 0 atom stereocenters. The summed E-state index contributed by atoms with van der Waals surface area (Å²) >= 11 is 3.31. The van der Waals surface area contributed by atoms with Crippen molar-refractivity contribution in [1.82, 2.24) is 0 Å². The Morgan fingerprint density at radius 1 is 1.00 bits per heavy atom. The van der Waals surface area contributed by atoms with Crippen molar-refractivity contribution in [3.8, 4) is 5.75 Å². The van der Waals surface area contributed by atoms with E-state index in [2.05, 4.69) is 21.1 Å². The van der Waals surface area contributed by atoms with E-state index < -0.39 is 5.97 Å². The molecule has 21 heavy (non-hydrogen) atoms. The van der Waals surface area contributed by atoms with Gasteiger partial charge in [-0.05, 0) is 61.0 Å². The van der Waals surface area contributed by atoms with Crippen LogP contribution in [-0.4, -0.2) is 18.8 Å². The number of hydrogen-bond acceptors (Lipinski definition) is 4. The van der Waals surface area contributed by atoms with Crippen molar-refractivity contribution in [2.24, 2.45) is 5.16 Å². The molecule has 2 rings (SSSR count). The molecule has 0 N–H and O–H groups in total. The summed E-state index contributed by atoms with van der Waals surface area (Å²) < 4.78 is 5.99. The first kappa shape index (κ1) is 15.3. The maximum atomic E-state index is 11.8. The van der Waals surface area contributed by atoms with Gasteiger partial charge in [0.25, 0.3) is 0 Å². The highest BCUT2D eigenvalue weighted by atomic mass is 79.9. The van der Waals surface area contributed by atoms with Gasteiger partial charge in [-0.3, -0.25) is 0 Å². The molecule has 0 aliphatic heterocycles. The van der Waals surface area contributed by atoms with Crippen LogP contribution in [-0.2, 0) is 4.84 Å². The molecule has 108 valence electrons. The Labute approximate surface area is 131 Å². The number of rotatable bonds is 4. The summed E-state index contributed by atoms with van der Waals surface area (Å²) in [6.45, 7) is 1.77. The zero-order chi connectivity index (χ0) is 15.2. The van der Waals surface area contributed by atoms with E-state index in [1.807, 2.05) is 24.3 Å². The van der Waals surface area contributed by atoms with E-state index in [0.29, 0.717) is 11.3 Å². The molecular weight excluding hydrogens is 334 g/mol. The Morgan fingerprint density at radius 3 is 2.14 bits per heavy atom. The van der Waals surface area contributed by atoms with Crippen molar-refractivity contribution in [2.45, 2.75) is 6.92 Å². The molecule has 2 aromatic carbocycles. The number of carbonyl (C=O) groups is 1. The average molecular weight is 348 g/mol. The van der Waals surface area contributed by atoms with Crippen molar-refractivity contribution in [1.29, 1.82) is 0 Å². The van der Waals surface area contributed by atoms with Crippen molar-refractivity contribution >= 4 is 27.6 Å². The number of methoxy groups -OCH3 is 1. The Hall–Kier alpha value is -2.14. The highest BCUT2D eigenvalue weighted by molar-refractivity contribution is 9.10. The predicted octanol–water partition coefficient (Wildman–Crippen LogP) is 4.04. The topological polar surface area (TPSA) is 47.9 Å². The van der Waals surface area contributed by atoms with Gasteiger partial charge in [0.15, 0.2) is 0 Å². The van der Waals surface area contributed by atoms with Crippen LogP contribution in [0.4, 0.5) is 0 Å². The molecule has 0 saturated heterocycles. The van der Waals surface area contributed by atoms with Gasteiger partial charge in [0.05, 0.1) is 18.4 Å². The molecule has 0 unspecified atom stereocenters. The average Bonchev–Trinajstić information content (AvgIpc) is 2.53. The predicted molar refractivity (Wildman–Crippen MR) is 84.8 cm³/mol. The van der Waals surface area contributed by atoms with Gasteiger partial charge in [0.1, 0.15) is 5.75 Å². The second-order valence-electron chi connectivity index (χ2n) is 4.29. The number of benzene rings is 2. The summed E-state index contributed by atoms with van der Waals surface area (Å²) in [5.74, 6) is 0.272. The number of carbonyl (C=O) groups excluding carboxylic acids is 1. The summed E-state index contributed by atoms with van der Waals surface area (Å²) in [6.07, 6.45) is 0. The molecule has 0 saturated carbocycles. The quantitative estimate of drug-likeness (QED) is 0.476. The first-order valence-corrected chi connectivity index (χ1v) is 7.05. The summed E-state index contributed by atoms with van der Waals surface area (Å²) in [6, 6.07) is 14.2. The van der Waals surface area contributed by atoms with Gasteiger partial charge in [0, 0.05) is 4.47 Å². The summed E-state index contributed by atoms with van der Waals surface area (Å²) in [5, 5.41) is 3.86. The molecule has 0 heterocycles. The Kier molecular flexibility index (Phi) is 5.11. The molecule has 5 heteroatoms. The van der Waals surface area contributed by atoms with E-state index in [-0.39, 0.29) is 0 Å². The minimum Gasteiger partial charge on any atom is -0.497 e. The molecule has 0 aliphatic rings. The lowest BCUT2D eigenvalue weighted by molar-refractivity contribution is 0.0516. The fourth-order valence-electron chi connectivity index (χ4n) is 1.63. The van der Waals surface area contributed by atoms with E-state index in [4.69, 9.17) is 9.57 Å². The minimum absolute atomic E-state index is 0.449. The van der Waals surface area contributed by atoms with Crippen LogP contribution in [0.3, 0.4) is 0 Å². The van der Waals surface area contributed by atoms with Crippen molar-refractivity contribution in [3.05, 3.63) is 64.1 Å². The van der Waals surface area contributed by atoms with Crippen LogP contribution >= 0.6 is 15.9 Å². The Morgan fingerprint density at radius 2 is 1.57 bits per heavy atom. The van der Waals surface area contributed by atoms with Crippen molar-refractivity contribution in [3.63, 3.8) is 0 Å². The van der Waals surface area contributed by atoms with Crippen LogP contribution in [0.1, 0.15) is 22.8 Å². The van der Waals surface area contributed by atoms with Gasteiger partial charge in [-0.15, -0.1) is 0 Å². The van der Waals surface area contributed by atoms with E-state index in [0.717, 1.165) is 15.8 Å². The zero-order valence-corrected chi connectivity index (χ0v) is 13.3. The minimum atomic E-state index is -0.490. The molecule has 0 amide bonds. The fraction of sp³-hybridized carbons (Fsp3) is 0.125. The molecule has 0 aliphatic carbocycles. The van der Waals surface area contributed by atoms with Gasteiger partial charge in [0.2, 0.25) is 0 Å². The Balaban J connectivity index is 2.05. The molecule has 2 aromatic rings. The third-order valence-electron chi connectivity index (χ3n) is 2.85. The second kappa shape index (κ2) is 7.04. The number of ether oxygens (including phenoxy) is 1. The highest BCUT2D eigenvalue weighted by Gasteiger charge is 2.07. The molecule has 0 spiro atoms. The second-order valence-corrected chi connectivity index (χ2v) is 5.21. The van der Waals surface area contributed by atoms with Crippen LogP contribution < -0.4 is 4.74 Å². The molecule has 4 nitrogen and oxygen atoms in total. The Bertz CT molecular complexity index is 648. The van der Waals surface area contributed by atoms with E-state index >= 15 is 0 Å². The normalized spacial score (nSPS) is 11.1. The first-order chi connectivity index (χ1) is 10.1. The summed E-state index contributed by atoms with van der Waals surface area (Å²) in [4.78, 5) is 16.8. The third kappa shape index (κ3) is 4.16. The fourth-order valence-corrected chi connectivity index (χ4v) is 1.90. The lowest BCUT2D eigenvalue weighted by atomic mass is 10.1. The van der Waals surface area contributed by atoms with Crippen LogP contribution in [0.25, 0.3) is 0 Å². The SMILES string of the molecule is COc1ccc(/C(C)=N/OC(=O)c2ccc(Br)cc2)cc1. The first-order valence-electron chi connectivity index (χ1n) is 6.26. The van der Waals surface area contributed by atoms with Crippen molar-refractivity contribution < 1.29 is 14.4 Å². The van der Waals surface area contributed by atoms with Gasteiger partial charge in [-0.2, -0.15) is 0 Å². The van der Waals surface area contributed by atoms with Crippen LogP contribution in [0, 0.1) is 0 Å². The van der Waals surface area contributed by atoms with E-state index in [1.54, 1.807) is 38.3 Å². The van der Waals surface area contributed by atoms with Crippen LogP contribution in [0.5, 0.6) is 5.75 Å². The zero-order valence-electron chi connectivity index (χ0n) is 11.7. The highest BCUT2D eigenvalue weighted by Crippen LogP contribution is 2.13. The van der Waals surface area contributed by atoms with Crippen LogP contribution in [0.2, 0.25) is 0 Å². The smallest absolute Gasteiger partial charge is 0.365 e. The standard InChI is InChI=1S/C16H14BrNO3/c1-11(12-5-9-15(20-2)10-6-12)18-21-16(19)13-3-7-14(17)8-4-13/h3-10H,1-2H3/b18-11+. The summed E-state index contributed by atoms with van der Waals surface area (Å²) in [7, 11) is 1.61. The van der Waals surface area contributed by atoms with Gasteiger partial charge in [-0.1, -0.05) is 21.1 Å². The van der Waals surface area contributed by atoms with Crippen LogP contribution in [0.15, 0.2) is 58.2 Å². The molecule has 0 fully saturated rings. The maximum Gasteiger partial charge on any atom is 0.365 e. The lowest BCUT2D eigenvalue weighted by Gasteiger charge is -2.03. The van der Waals surface area contributed by atoms with E-state index in [1.165, 1.54) is 0 Å². The van der Waals surface area contributed by atoms with Gasteiger partial charge in [-0.25, -0.2) is 4.79 Å². The number of nitrogens with zero attached hydrogens (tertiary/aromatic N) is 1. The van der Waals surface area contributed by atoms with E-state index in [9.17, 15) is 4.79 Å². The summed E-state index contributed by atoms with van der Waals surface area (Å²) in [5.41, 5.74) is 1.92. The van der Waals surface area contributed by atoms with Crippen molar-refractivity contribution in [2.75, 3.05) is 7.11 Å². The third-order valence-corrected chi connectivity index (χ3v) is 3.38. The molecular formula is C16H14BrNO3. The maximum absolute atomic E-state index is 11.8. The molecule has 0 aromatic heterocycles. The number of halogens is 1. The number of oxime groups is 1. The van der Waals surface area contributed by atoms with Gasteiger partial charge >= 0.3 is 5.97 Å². The lowest BCUT2D eigenvalue weighted by Crippen LogP contribution is -2.03.